The highest BCUT2D eigenvalue weighted by molar-refractivity contribution is 7.89. The molecule has 1 N–H and O–H groups in total. The Bertz CT molecular complexity index is 1290. The number of fused-ring (bicyclic) bond motifs is 2. The molecule has 5 rings (SSSR count). The molecule has 0 bridgehead atoms. The topological polar surface area (TPSA) is 97.2 Å². The van der Waals surface area contributed by atoms with E-state index >= 15 is 0 Å². The number of benzene rings is 2. The zero-order valence-electron chi connectivity index (χ0n) is 19.5. The molecule has 2 aliphatic rings. The van der Waals surface area contributed by atoms with Gasteiger partial charge < -0.3 is 5.32 Å². The van der Waals surface area contributed by atoms with Crippen LogP contribution in [0.4, 0.5) is 0 Å². The molecule has 180 valence electrons. The monoisotopic (exact) mass is 481 g/mol. The van der Waals surface area contributed by atoms with Crippen molar-refractivity contribution in [3.05, 3.63) is 53.6 Å². The molecule has 1 amide bonds. The first kappa shape index (κ1) is 23.0. The molecular weight excluding hydrogens is 450 g/mol. The van der Waals surface area contributed by atoms with Crippen LogP contribution in [0.25, 0.3) is 11.0 Å². The fraction of sp³-hybridized carbons (Fsp3) is 0.480. The van der Waals surface area contributed by atoms with Crippen LogP contribution in [-0.2, 0) is 27.8 Å². The van der Waals surface area contributed by atoms with Crippen molar-refractivity contribution in [3.63, 3.8) is 0 Å². The fourth-order valence-corrected chi connectivity index (χ4v) is 6.68. The van der Waals surface area contributed by atoms with Crippen LogP contribution in [0.1, 0.15) is 56.2 Å². The molecule has 1 saturated heterocycles. The van der Waals surface area contributed by atoms with Crippen molar-refractivity contribution in [1.29, 1.82) is 0 Å². The molecule has 1 unspecified atom stereocenters. The number of rotatable bonds is 6. The largest absolute Gasteiger partial charge is 0.349 e. The number of hydrogen-bond donors (Lipinski definition) is 1. The molecule has 1 aliphatic carbocycles. The molecule has 1 fully saturated rings. The third-order valence-electron chi connectivity index (χ3n) is 7.07. The molecular formula is C25H31N5O3S. The predicted octanol–water partition coefficient (Wildman–Crippen LogP) is 3.44. The highest BCUT2D eigenvalue weighted by Gasteiger charge is 2.33. The Morgan fingerprint density at radius 3 is 2.71 bits per heavy atom. The van der Waals surface area contributed by atoms with Crippen molar-refractivity contribution in [2.24, 2.45) is 5.92 Å². The van der Waals surface area contributed by atoms with E-state index in [1.165, 1.54) is 15.4 Å². The van der Waals surface area contributed by atoms with Gasteiger partial charge in [-0.05, 0) is 67.9 Å². The van der Waals surface area contributed by atoms with Crippen molar-refractivity contribution in [2.75, 3.05) is 13.1 Å². The smallest absolute Gasteiger partial charge is 0.243 e. The molecule has 1 aromatic heterocycles. The van der Waals surface area contributed by atoms with E-state index in [2.05, 4.69) is 34.7 Å². The number of aromatic nitrogens is 3. The summed E-state index contributed by atoms with van der Waals surface area (Å²) < 4.78 is 29.8. The van der Waals surface area contributed by atoms with E-state index in [9.17, 15) is 13.2 Å². The van der Waals surface area contributed by atoms with Gasteiger partial charge in [0.05, 0.1) is 16.5 Å². The molecule has 0 radical (unpaired) electrons. The number of aryl methyl sites for hydroxylation is 2. The van der Waals surface area contributed by atoms with Gasteiger partial charge in [0, 0.05) is 25.6 Å². The van der Waals surface area contributed by atoms with Gasteiger partial charge >= 0.3 is 0 Å². The second-order valence-electron chi connectivity index (χ2n) is 9.29. The van der Waals surface area contributed by atoms with Crippen molar-refractivity contribution < 1.29 is 13.2 Å². The lowest BCUT2D eigenvalue weighted by Crippen LogP contribution is -2.44. The van der Waals surface area contributed by atoms with Crippen LogP contribution in [-0.4, -0.2) is 46.7 Å². The van der Waals surface area contributed by atoms with Gasteiger partial charge in [-0.1, -0.05) is 36.4 Å². The number of carbonyl (C=O) groups excluding carboxylic acids is 1. The number of amides is 1. The minimum atomic E-state index is -3.65. The molecule has 2 heterocycles. The van der Waals surface area contributed by atoms with Crippen molar-refractivity contribution >= 4 is 27.0 Å². The van der Waals surface area contributed by atoms with Gasteiger partial charge in [-0.25, -0.2) is 13.1 Å². The highest BCUT2D eigenvalue weighted by atomic mass is 32.2. The molecule has 0 spiro atoms. The molecule has 0 saturated carbocycles. The first-order chi connectivity index (χ1) is 16.5. The van der Waals surface area contributed by atoms with Crippen molar-refractivity contribution in [1.82, 2.24) is 24.6 Å². The summed E-state index contributed by atoms with van der Waals surface area (Å²) in [6, 6.07) is 13.4. The van der Waals surface area contributed by atoms with Gasteiger partial charge in [-0.3, -0.25) is 4.79 Å². The molecule has 2 aromatic carbocycles. The van der Waals surface area contributed by atoms with Crippen molar-refractivity contribution in [3.8, 4) is 0 Å². The van der Waals surface area contributed by atoms with Crippen LogP contribution in [0.3, 0.4) is 0 Å². The van der Waals surface area contributed by atoms with Crippen molar-refractivity contribution in [2.45, 2.75) is 62.9 Å². The number of piperidine rings is 1. The summed E-state index contributed by atoms with van der Waals surface area (Å²) in [5.41, 5.74) is 3.94. The standard InChI is InChI=1S/C25H31N5O3S/c1-2-14-30-24-11-10-20(17-23(24)27-28-30)34(32,33)29-15-12-19(13-16-29)25(31)26-22-9-5-7-18-6-3-4-8-21(18)22/h3-4,6,8,10-11,17,19,22H,2,5,7,9,12-16H2,1H3,(H,26,31). The lowest BCUT2D eigenvalue weighted by atomic mass is 9.87. The molecule has 9 heteroatoms. The number of nitrogens with zero attached hydrogens (tertiary/aromatic N) is 4. The summed E-state index contributed by atoms with van der Waals surface area (Å²) >= 11 is 0. The van der Waals surface area contributed by atoms with Crippen LogP contribution in [0.5, 0.6) is 0 Å². The maximum atomic E-state index is 13.3. The summed E-state index contributed by atoms with van der Waals surface area (Å²) in [7, 11) is -3.65. The Labute approximate surface area is 200 Å². The third kappa shape index (κ3) is 4.34. The average molecular weight is 482 g/mol. The number of sulfonamides is 1. The van der Waals surface area contributed by atoms with Gasteiger partial charge in [-0.2, -0.15) is 4.31 Å². The molecule has 1 atom stereocenters. The molecule has 3 aromatic rings. The number of carbonyl (C=O) groups is 1. The van der Waals surface area contributed by atoms with Crippen LogP contribution < -0.4 is 5.32 Å². The number of hydrogen-bond acceptors (Lipinski definition) is 5. The maximum Gasteiger partial charge on any atom is 0.243 e. The molecule has 34 heavy (non-hydrogen) atoms. The van der Waals surface area contributed by atoms with E-state index in [0.29, 0.717) is 31.4 Å². The van der Waals surface area contributed by atoms with Crippen LogP contribution >= 0.6 is 0 Å². The van der Waals surface area contributed by atoms with Gasteiger partial charge in [-0.15, -0.1) is 5.10 Å². The lowest BCUT2D eigenvalue weighted by Gasteiger charge is -2.32. The van der Waals surface area contributed by atoms with E-state index in [1.54, 1.807) is 22.9 Å². The normalized spacial score (nSPS) is 19.7. The molecule has 1 aliphatic heterocycles. The quantitative estimate of drug-likeness (QED) is 0.582. The van der Waals surface area contributed by atoms with Gasteiger partial charge in [0.1, 0.15) is 5.52 Å². The van der Waals surface area contributed by atoms with Crippen LogP contribution in [0, 0.1) is 5.92 Å². The van der Waals surface area contributed by atoms with E-state index in [1.807, 2.05) is 12.1 Å². The zero-order chi connectivity index (χ0) is 23.7. The average Bonchev–Trinajstić information content (AvgIpc) is 3.27. The SMILES string of the molecule is CCCn1nnc2cc(S(=O)(=O)N3CCC(C(=O)NC4CCCc5ccccc54)CC3)ccc21. The van der Waals surface area contributed by atoms with E-state index in [0.717, 1.165) is 37.7 Å². The summed E-state index contributed by atoms with van der Waals surface area (Å²) in [6.45, 7) is 3.47. The Balaban J connectivity index is 1.23. The lowest BCUT2D eigenvalue weighted by molar-refractivity contribution is -0.127. The van der Waals surface area contributed by atoms with Crippen LogP contribution in [0.15, 0.2) is 47.4 Å². The highest BCUT2D eigenvalue weighted by Crippen LogP contribution is 2.31. The second-order valence-corrected chi connectivity index (χ2v) is 11.2. The second kappa shape index (κ2) is 9.46. The van der Waals surface area contributed by atoms with E-state index in [-0.39, 0.29) is 22.8 Å². The summed E-state index contributed by atoms with van der Waals surface area (Å²) in [5.74, 6) is -0.135. The minimum absolute atomic E-state index is 0.0349. The van der Waals surface area contributed by atoms with Gasteiger partial charge in [0.25, 0.3) is 0 Å². The maximum absolute atomic E-state index is 13.3. The Morgan fingerprint density at radius 2 is 1.91 bits per heavy atom. The summed E-state index contributed by atoms with van der Waals surface area (Å²) in [4.78, 5) is 13.2. The summed E-state index contributed by atoms with van der Waals surface area (Å²) in [6.07, 6.45) is 5.03. The van der Waals surface area contributed by atoms with E-state index < -0.39 is 10.0 Å². The zero-order valence-corrected chi connectivity index (χ0v) is 20.3. The van der Waals surface area contributed by atoms with E-state index in [4.69, 9.17) is 0 Å². The third-order valence-corrected chi connectivity index (χ3v) is 8.96. The Kier molecular flexibility index (Phi) is 6.40. The fourth-order valence-electron chi connectivity index (χ4n) is 5.19. The number of nitrogens with one attached hydrogen (secondary N) is 1. The Morgan fingerprint density at radius 1 is 1.12 bits per heavy atom. The molecule has 8 nitrogen and oxygen atoms in total. The van der Waals surface area contributed by atoms with Gasteiger partial charge in [0.2, 0.25) is 15.9 Å². The first-order valence-electron chi connectivity index (χ1n) is 12.2. The first-order valence-corrected chi connectivity index (χ1v) is 13.6. The Hall–Kier alpha value is -2.78. The van der Waals surface area contributed by atoms with Gasteiger partial charge in [0.15, 0.2) is 0 Å². The predicted molar refractivity (Wildman–Crippen MR) is 130 cm³/mol. The van der Waals surface area contributed by atoms with Crippen LogP contribution in [0.2, 0.25) is 0 Å². The summed E-state index contributed by atoms with van der Waals surface area (Å²) in [5, 5.41) is 11.5. The minimum Gasteiger partial charge on any atom is -0.349 e.